The molecule has 4 nitrogen and oxygen atoms in total. The predicted octanol–water partition coefficient (Wildman–Crippen LogP) is 17.1. The summed E-state index contributed by atoms with van der Waals surface area (Å²) in [6.45, 7) is 0. The Morgan fingerprint density at radius 2 is 0.875 bits per heavy atom. The third-order valence-corrected chi connectivity index (χ3v) is 12.8. The average molecular weight is 819 g/mol. The van der Waals surface area contributed by atoms with Gasteiger partial charge in [0, 0.05) is 54.9 Å². The van der Waals surface area contributed by atoms with E-state index in [9.17, 15) is 0 Å². The van der Waals surface area contributed by atoms with Gasteiger partial charge in [-0.25, -0.2) is 0 Å². The van der Waals surface area contributed by atoms with Gasteiger partial charge in [-0.3, -0.25) is 0 Å². The Morgan fingerprint density at radius 3 is 1.67 bits per heavy atom. The number of benzene rings is 10. The minimum Gasteiger partial charge on any atom is -0.455 e. The molecule has 300 valence electrons. The second kappa shape index (κ2) is 14.5. The van der Waals surface area contributed by atoms with Crippen molar-refractivity contribution in [2.75, 3.05) is 4.90 Å². The summed E-state index contributed by atoms with van der Waals surface area (Å²) in [6, 6.07) is 82.0. The summed E-state index contributed by atoms with van der Waals surface area (Å²) in [7, 11) is 0. The number of hydrogen-bond donors (Lipinski definition) is 0. The SMILES string of the molecule is c1ccc(-c2cccc3c2oc2ccc(-c4ccc(N(c5ccc(-c6cccc7c6c6ccccc6n7-c6ccccc6)cc5)c5cccc6c5oc5ccccc56)cc4)cc23)cc1. The highest BCUT2D eigenvalue weighted by Gasteiger charge is 2.21. The van der Waals surface area contributed by atoms with Gasteiger partial charge in [0.15, 0.2) is 5.58 Å². The number of anilines is 3. The smallest absolute Gasteiger partial charge is 0.159 e. The molecular formula is C60H38N2O2. The largest absolute Gasteiger partial charge is 0.455 e. The van der Waals surface area contributed by atoms with Gasteiger partial charge in [-0.1, -0.05) is 158 Å². The molecule has 3 heterocycles. The Hall–Kier alpha value is -8.60. The van der Waals surface area contributed by atoms with E-state index in [1.54, 1.807) is 0 Å². The molecule has 0 unspecified atom stereocenters. The molecule has 0 aliphatic rings. The van der Waals surface area contributed by atoms with E-state index in [4.69, 9.17) is 8.83 Å². The quantitative estimate of drug-likeness (QED) is 0.161. The highest BCUT2D eigenvalue weighted by atomic mass is 16.3. The van der Waals surface area contributed by atoms with Gasteiger partial charge >= 0.3 is 0 Å². The molecule has 0 aliphatic heterocycles. The minimum absolute atomic E-state index is 0.850. The Kier molecular flexibility index (Phi) is 8.18. The summed E-state index contributed by atoms with van der Waals surface area (Å²) in [4.78, 5) is 2.32. The van der Waals surface area contributed by atoms with Crippen LogP contribution >= 0.6 is 0 Å². The third-order valence-electron chi connectivity index (χ3n) is 12.8. The van der Waals surface area contributed by atoms with Crippen molar-refractivity contribution >= 4 is 82.7 Å². The maximum atomic E-state index is 6.67. The first kappa shape index (κ1) is 36.1. The van der Waals surface area contributed by atoms with Crippen LogP contribution in [0.5, 0.6) is 0 Å². The van der Waals surface area contributed by atoms with Crippen molar-refractivity contribution in [1.29, 1.82) is 0 Å². The molecule has 0 fully saturated rings. The van der Waals surface area contributed by atoms with Gasteiger partial charge in [-0.15, -0.1) is 0 Å². The maximum Gasteiger partial charge on any atom is 0.159 e. The zero-order valence-electron chi connectivity index (χ0n) is 34.7. The van der Waals surface area contributed by atoms with E-state index >= 15 is 0 Å². The van der Waals surface area contributed by atoms with Gasteiger partial charge in [0.25, 0.3) is 0 Å². The first-order valence-electron chi connectivity index (χ1n) is 21.7. The summed E-state index contributed by atoms with van der Waals surface area (Å²) in [5.74, 6) is 0. The number of aromatic nitrogens is 1. The number of fused-ring (bicyclic) bond motifs is 9. The lowest BCUT2D eigenvalue weighted by Gasteiger charge is -2.26. The Bertz CT molecular complexity index is 3880. The van der Waals surface area contributed by atoms with Crippen molar-refractivity contribution in [2.45, 2.75) is 0 Å². The van der Waals surface area contributed by atoms with Gasteiger partial charge in [-0.2, -0.15) is 0 Å². The van der Waals surface area contributed by atoms with Gasteiger partial charge in [-0.05, 0) is 101 Å². The second-order valence-electron chi connectivity index (χ2n) is 16.4. The van der Waals surface area contributed by atoms with Crippen molar-refractivity contribution in [3.8, 4) is 39.1 Å². The highest BCUT2D eigenvalue weighted by Crippen LogP contribution is 2.45. The molecule has 0 N–H and O–H groups in total. The van der Waals surface area contributed by atoms with Crippen molar-refractivity contribution < 1.29 is 8.83 Å². The lowest BCUT2D eigenvalue weighted by molar-refractivity contribution is 0.669. The lowest BCUT2D eigenvalue weighted by Crippen LogP contribution is -2.10. The molecule has 0 aliphatic carbocycles. The van der Waals surface area contributed by atoms with Gasteiger partial charge in [0.2, 0.25) is 0 Å². The highest BCUT2D eigenvalue weighted by molar-refractivity contribution is 6.16. The topological polar surface area (TPSA) is 34.5 Å². The fourth-order valence-corrected chi connectivity index (χ4v) is 9.87. The zero-order valence-corrected chi connectivity index (χ0v) is 34.7. The van der Waals surface area contributed by atoms with E-state index < -0.39 is 0 Å². The summed E-state index contributed by atoms with van der Waals surface area (Å²) in [5.41, 5.74) is 16.9. The summed E-state index contributed by atoms with van der Waals surface area (Å²) >= 11 is 0. The first-order valence-corrected chi connectivity index (χ1v) is 21.7. The van der Waals surface area contributed by atoms with Crippen LogP contribution in [-0.2, 0) is 0 Å². The molecule has 64 heavy (non-hydrogen) atoms. The molecule has 0 amide bonds. The van der Waals surface area contributed by atoms with Crippen LogP contribution in [0.2, 0.25) is 0 Å². The van der Waals surface area contributed by atoms with Crippen molar-refractivity contribution in [2.24, 2.45) is 0 Å². The van der Waals surface area contributed by atoms with Crippen LogP contribution in [0.1, 0.15) is 0 Å². The Balaban J connectivity index is 0.926. The van der Waals surface area contributed by atoms with E-state index in [0.717, 1.165) is 94.4 Å². The van der Waals surface area contributed by atoms with Crippen LogP contribution in [-0.4, -0.2) is 4.57 Å². The molecule has 3 aromatic heterocycles. The molecule has 0 saturated carbocycles. The maximum absolute atomic E-state index is 6.67. The fourth-order valence-electron chi connectivity index (χ4n) is 9.87. The average Bonchev–Trinajstić information content (AvgIpc) is 4.05. The molecular weight excluding hydrogens is 781 g/mol. The summed E-state index contributed by atoms with van der Waals surface area (Å²) in [5, 5.41) is 6.88. The van der Waals surface area contributed by atoms with E-state index in [1.165, 1.54) is 27.4 Å². The number of rotatable bonds is 7. The molecule has 0 spiro atoms. The Labute approximate surface area is 369 Å². The number of nitrogens with zero attached hydrogens (tertiary/aromatic N) is 2. The summed E-state index contributed by atoms with van der Waals surface area (Å²) in [6.07, 6.45) is 0. The van der Waals surface area contributed by atoms with E-state index in [-0.39, 0.29) is 0 Å². The van der Waals surface area contributed by atoms with Crippen molar-refractivity contribution in [3.05, 3.63) is 231 Å². The van der Waals surface area contributed by atoms with Crippen LogP contribution in [0, 0.1) is 0 Å². The van der Waals surface area contributed by atoms with Crippen LogP contribution < -0.4 is 4.90 Å². The predicted molar refractivity (Wildman–Crippen MR) is 266 cm³/mol. The van der Waals surface area contributed by atoms with Gasteiger partial charge < -0.3 is 18.3 Å². The van der Waals surface area contributed by atoms with E-state index in [1.807, 2.05) is 18.2 Å². The molecule has 0 radical (unpaired) electrons. The van der Waals surface area contributed by atoms with E-state index in [0.29, 0.717) is 0 Å². The van der Waals surface area contributed by atoms with Crippen molar-refractivity contribution in [3.63, 3.8) is 0 Å². The van der Waals surface area contributed by atoms with Gasteiger partial charge in [0.1, 0.15) is 16.7 Å². The minimum atomic E-state index is 0.850. The molecule has 4 heteroatoms. The molecule has 0 atom stereocenters. The summed E-state index contributed by atoms with van der Waals surface area (Å²) < 4.78 is 15.6. The van der Waals surface area contributed by atoms with Crippen LogP contribution in [0.3, 0.4) is 0 Å². The van der Waals surface area contributed by atoms with Gasteiger partial charge in [0.05, 0.1) is 16.7 Å². The van der Waals surface area contributed by atoms with Crippen LogP contribution in [0.15, 0.2) is 239 Å². The molecule has 13 aromatic rings. The molecule has 0 bridgehead atoms. The van der Waals surface area contributed by atoms with Crippen LogP contribution in [0.4, 0.5) is 17.1 Å². The molecule has 10 aromatic carbocycles. The second-order valence-corrected chi connectivity index (χ2v) is 16.4. The lowest BCUT2D eigenvalue weighted by atomic mass is 9.98. The number of para-hydroxylation sites is 5. The number of hydrogen-bond acceptors (Lipinski definition) is 3. The van der Waals surface area contributed by atoms with Crippen molar-refractivity contribution in [1.82, 2.24) is 4.57 Å². The fraction of sp³-hybridized carbons (Fsp3) is 0. The third kappa shape index (κ3) is 5.70. The molecule has 13 rings (SSSR count). The normalized spacial score (nSPS) is 11.8. The standard InChI is InChI=1S/C60H38N2O2/c1-3-14-40(15-4-1)47-21-11-22-50-52-38-42(32-37-57(52)63-59(47)50)39-28-33-44(34-29-39)61(55-26-13-23-49-48-18-8-10-27-56(48)64-60(49)55)45-35-30-41(31-36-45)46-20-12-25-54-58(46)51-19-7-9-24-53(51)62(54)43-16-5-2-6-17-43/h1-38H. The molecule has 0 saturated heterocycles. The first-order chi connectivity index (χ1) is 31.7. The monoisotopic (exact) mass is 818 g/mol. The van der Waals surface area contributed by atoms with Crippen LogP contribution in [0.25, 0.3) is 105 Å². The number of furan rings is 2. The van der Waals surface area contributed by atoms with E-state index in [2.05, 4.69) is 222 Å². The zero-order chi connectivity index (χ0) is 42.1. The Morgan fingerprint density at radius 1 is 0.328 bits per heavy atom.